The molecule has 0 atom stereocenters. The summed E-state index contributed by atoms with van der Waals surface area (Å²) in [4.78, 5) is 0. The second-order valence-electron chi connectivity index (χ2n) is 4.30. The molecule has 0 unspecified atom stereocenters. The van der Waals surface area contributed by atoms with Gasteiger partial charge in [-0.25, -0.2) is 0 Å². The van der Waals surface area contributed by atoms with E-state index in [0.717, 1.165) is 11.8 Å². The highest BCUT2D eigenvalue weighted by Crippen LogP contribution is 2.24. The van der Waals surface area contributed by atoms with E-state index in [-0.39, 0.29) is 0 Å². The molecule has 0 aliphatic heterocycles. The quantitative estimate of drug-likeness (QED) is 0.561. The maximum atomic E-state index is 2.30. The summed E-state index contributed by atoms with van der Waals surface area (Å²) in [5.41, 5.74) is 0. The van der Waals surface area contributed by atoms with Crippen LogP contribution < -0.4 is 0 Å². The van der Waals surface area contributed by atoms with Crippen molar-refractivity contribution in [1.82, 2.24) is 0 Å². The van der Waals surface area contributed by atoms with Crippen molar-refractivity contribution in [2.75, 3.05) is 0 Å². The van der Waals surface area contributed by atoms with Gasteiger partial charge in [-0.15, -0.1) is 0 Å². The first kappa shape index (κ1) is 11.0. The fourth-order valence-electron chi connectivity index (χ4n) is 1.53. The van der Waals surface area contributed by atoms with Gasteiger partial charge in [-0.1, -0.05) is 34.6 Å². The first-order valence-electron chi connectivity index (χ1n) is 4.89. The van der Waals surface area contributed by atoms with Crippen molar-refractivity contribution in [3.63, 3.8) is 0 Å². The van der Waals surface area contributed by atoms with Crippen LogP contribution in [0.25, 0.3) is 0 Å². The molecule has 0 heteroatoms. The van der Waals surface area contributed by atoms with Gasteiger partial charge in [-0.2, -0.15) is 0 Å². The molecule has 0 aliphatic carbocycles. The van der Waals surface area contributed by atoms with Crippen LogP contribution >= 0.6 is 0 Å². The predicted molar refractivity (Wildman–Crippen MR) is 52.4 cm³/mol. The molecule has 67 valence electrons. The molecule has 0 aliphatic rings. The van der Waals surface area contributed by atoms with Gasteiger partial charge in [0.15, 0.2) is 0 Å². The van der Waals surface area contributed by atoms with Crippen LogP contribution in [0, 0.1) is 17.8 Å². The monoisotopic (exact) mass is 155 g/mol. The molecule has 0 bridgehead atoms. The van der Waals surface area contributed by atoms with Crippen LogP contribution in [0.4, 0.5) is 0 Å². The van der Waals surface area contributed by atoms with E-state index in [1.54, 1.807) is 5.92 Å². The SMILES string of the molecule is CC[C](CC(C)C)CC(C)C. The minimum Gasteiger partial charge on any atom is -0.0648 e. The van der Waals surface area contributed by atoms with Gasteiger partial charge in [0.25, 0.3) is 0 Å². The van der Waals surface area contributed by atoms with Crippen LogP contribution in [0.1, 0.15) is 53.9 Å². The molecule has 0 amide bonds. The third kappa shape index (κ3) is 6.40. The van der Waals surface area contributed by atoms with E-state index in [9.17, 15) is 0 Å². The topological polar surface area (TPSA) is 0 Å². The van der Waals surface area contributed by atoms with E-state index in [1.807, 2.05) is 0 Å². The zero-order valence-electron chi connectivity index (χ0n) is 8.78. The standard InChI is InChI=1S/C11H23/c1-6-11(7-9(2)3)8-10(4)5/h9-10H,6-8H2,1-5H3. The molecule has 0 aromatic carbocycles. The van der Waals surface area contributed by atoms with Gasteiger partial charge in [0.1, 0.15) is 0 Å². The summed E-state index contributed by atoms with van der Waals surface area (Å²) >= 11 is 0. The average molecular weight is 155 g/mol. The van der Waals surface area contributed by atoms with E-state index in [1.165, 1.54) is 19.3 Å². The molecule has 0 rings (SSSR count). The Morgan fingerprint density at radius 1 is 0.909 bits per heavy atom. The largest absolute Gasteiger partial charge is 0.0648 e. The van der Waals surface area contributed by atoms with Crippen LogP contribution in [0.15, 0.2) is 0 Å². The number of hydrogen-bond acceptors (Lipinski definition) is 0. The van der Waals surface area contributed by atoms with Gasteiger partial charge in [0.05, 0.1) is 0 Å². The van der Waals surface area contributed by atoms with Gasteiger partial charge >= 0.3 is 0 Å². The Labute approximate surface area is 72.4 Å². The summed E-state index contributed by atoms with van der Waals surface area (Å²) in [6.45, 7) is 11.5. The Hall–Kier alpha value is 0. The minimum atomic E-state index is 0.837. The first-order valence-corrected chi connectivity index (χ1v) is 4.89. The Balaban J connectivity index is 3.58. The van der Waals surface area contributed by atoms with Crippen LogP contribution in [-0.4, -0.2) is 0 Å². The molecule has 11 heavy (non-hydrogen) atoms. The van der Waals surface area contributed by atoms with Crippen LogP contribution in [0.3, 0.4) is 0 Å². The highest BCUT2D eigenvalue weighted by atomic mass is 14.2. The molecule has 0 nitrogen and oxygen atoms in total. The number of hydrogen-bond donors (Lipinski definition) is 0. The van der Waals surface area contributed by atoms with Crippen molar-refractivity contribution < 1.29 is 0 Å². The van der Waals surface area contributed by atoms with E-state index in [2.05, 4.69) is 34.6 Å². The summed E-state index contributed by atoms with van der Waals surface area (Å²) in [7, 11) is 0. The normalized spacial score (nSPS) is 12.0. The van der Waals surface area contributed by atoms with E-state index < -0.39 is 0 Å². The van der Waals surface area contributed by atoms with Crippen LogP contribution in [-0.2, 0) is 0 Å². The molecule has 0 aromatic rings. The summed E-state index contributed by atoms with van der Waals surface area (Å²) in [6, 6.07) is 0. The molecule has 0 aromatic heterocycles. The van der Waals surface area contributed by atoms with Crippen molar-refractivity contribution in [3.8, 4) is 0 Å². The first-order chi connectivity index (χ1) is 5.06. The second kappa shape index (κ2) is 5.62. The third-order valence-corrected chi connectivity index (χ3v) is 1.89. The maximum Gasteiger partial charge on any atom is -0.0239 e. The van der Waals surface area contributed by atoms with Crippen molar-refractivity contribution in [1.29, 1.82) is 0 Å². The molecule has 0 spiro atoms. The van der Waals surface area contributed by atoms with Crippen molar-refractivity contribution in [2.24, 2.45) is 11.8 Å². The summed E-state index contributed by atoms with van der Waals surface area (Å²) < 4.78 is 0. The molecular formula is C11H23. The summed E-state index contributed by atoms with van der Waals surface area (Å²) in [5, 5.41) is 0. The van der Waals surface area contributed by atoms with Crippen molar-refractivity contribution in [2.45, 2.75) is 53.9 Å². The van der Waals surface area contributed by atoms with Crippen LogP contribution in [0.5, 0.6) is 0 Å². The van der Waals surface area contributed by atoms with Gasteiger partial charge in [-0.05, 0) is 37.0 Å². The summed E-state index contributed by atoms with van der Waals surface area (Å²) in [6.07, 6.45) is 3.93. The molecule has 1 radical (unpaired) electrons. The van der Waals surface area contributed by atoms with Crippen LogP contribution in [0.2, 0.25) is 0 Å². The van der Waals surface area contributed by atoms with E-state index in [0.29, 0.717) is 0 Å². The van der Waals surface area contributed by atoms with Gasteiger partial charge in [-0.3, -0.25) is 0 Å². The lowest BCUT2D eigenvalue weighted by molar-refractivity contribution is 0.493. The number of rotatable bonds is 5. The molecular weight excluding hydrogens is 132 g/mol. The second-order valence-corrected chi connectivity index (χ2v) is 4.30. The smallest absolute Gasteiger partial charge is 0.0239 e. The predicted octanol–water partition coefficient (Wildman–Crippen LogP) is 4.06. The molecule has 0 saturated heterocycles. The lowest BCUT2D eigenvalue weighted by Crippen LogP contribution is -2.04. The minimum absolute atomic E-state index is 0.837. The Morgan fingerprint density at radius 3 is 1.45 bits per heavy atom. The zero-order chi connectivity index (χ0) is 8.85. The highest BCUT2D eigenvalue weighted by molar-refractivity contribution is 4.89. The molecule has 0 heterocycles. The third-order valence-electron chi connectivity index (χ3n) is 1.89. The molecule has 0 N–H and O–H groups in total. The Kier molecular flexibility index (Phi) is 5.62. The Bertz CT molecular complexity index is 72.0. The van der Waals surface area contributed by atoms with E-state index in [4.69, 9.17) is 0 Å². The average Bonchev–Trinajstić information content (AvgIpc) is 1.84. The summed E-state index contributed by atoms with van der Waals surface area (Å²) in [5.74, 6) is 3.42. The highest BCUT2D eigenvalue weighted by Gasteiger charge is 2.10. The lowest BCUT2D eigenvalue weighted by atomic mass is 9.88. The van der Waals surface area contributed by atoms with Gasteiger partial charge in [0, 0.05) is 0 Å². The lowest BCUT2D eigenvalue weighted by Gasteiger charge is -2.18. The fraction of sp³-hybridized carbons (Fsp3) is 0.909. The molecule has 0 fully saturated rings. The van der Waals surface area contributed by atoms with Gasteiger partial charge in [0.2, 0.25) is 0 Å². The fourth-order valence-corrected chi connectivity index (χ4v) is 1.53. The zero-order valence-corrected chi connectivity index (χ0v) is 8.78. The maximum absolute atomic E-state index is 2.30. The Morgan fingerprint density at radius 2 is 1.27 bits per heavy atom. The molecule has 0 saturated carbocycles. The van der Waals surface area contributed by atoms with Crippen molar-refractivity contribution in [3.05, 3.63) is 5.92 Å². The van der Waals surface area contributed by atoms with E-state index >= 15 is 0 Å². The van der Waals surface area contributed by atoms with Crippen molar-refractivity contribution >= 4 is 0 Å². The van der Waals surface area contributed by atoms with Gasteiger partial charge < -0.3 is 0 Å².